The van der Waals surface area contributed by atoms with Gasteiger partial charge in [0, 0.05) is 19.5 Å². The van der Waals surface area contributed by atoms with Gasteiger partial charge < -0.3 is 14.5 Å². The first-order valence-electron chi connectivity index (χ1n) is 12.4. The summed E-state index contributed by atoms with van der Waals surface area (Å²) in [5, 5.41) is 0. The fourth-order valence-electron chi connectivity index (χ4n) is 4.84. The van der Waals surface area contributed by atoms with Crippen molar-refractivity contribution in [1.82, 2.24) is 9.80 Å². The van der Waals surface area contributed by atoms with Gasteiger partial charge in [0.05, 0.1) is 12.6 Å². The van der Waals surface area contributed by atoms with Crippen LogP contribution in [0.4, 0.5) is 0 Å². The van der Waals surface area contributed by atoms with E-state index in [0.717, 1.165) is 37.7 Å². The van der Waals surface area contributed by atoms with Crippen molar-refractivity contribution in [1.29, 1.82) is 0 Å². The second-order valence-corrected chi connectivity index (χ2v) is 9.04. The van der Waals surface area contributed by atoms with E-state index in [-0.39, 0.29) is 24.2 Å². The third-order valence-corrected chi connectivity index (χ3v) is 6.62. The van der Waals surface area contributed by atoms with Gasteiger partial charge in [-0.25, -0.2) is 0 Å². The number of Topliss-reactive ketones (excluding diaryl/α,β-unsaturated/α-hetero) is 1. The lowest BCUT2D eigenvalue weighted by Gasteiger charge is -2.31. The molecule has 0 unspecified atom stereocenters. The van der Waals surface area contributed by atoms with Gasteiger partial charge in [0.2, 0.25) is 11.8 Å². The number of benzene rings is 1. The Hall–Kier alpha value is -2.21. The Balaban J connectivity index is 1.49. The lowest BCUT2D eigenvalue weighted by Crippen LogP contribution is -2.51. The van der Waals surface area contributed by atoms with Crippen molar-refractivity contribution in [3.63, 3.8) is 0 Å². The second-order valence-electron chi connectivity index (χ2n) is 9.04. The smallest absolute Gasteiger partial charge is 0.245 e. The van der Waals surface area contributed by atoms with Gasteiger partial charge in [-0.15, -0.1) is 0 Å². The third-order valence-electron chi connectivity index (χ3n) is 6.62. The normalized spacial score (nSPS) is 20.7. The molecule has 32 heavy (non-hydrogen) atoms. The number of ether oxygens (including phenoxy) is 1. The van der Waals surface area contributed by atoms with Gasteiger partial charge in [-0.3, -0.25) is 14.4 Å². The zero-order chi connectivity index (χ0) is 22.8. The maximum atomic E-state index is 13.3. The van der Waals surface area contributed by atoms with Crippen molar-refractivity contribution < 1.29 is 19.1 Å². The number of amides is 2. The number of carbonyl (C=O) groups is 3. The van der Waals surface area contributed by atoms with Gasteiger partial charge in [0.15, 0.2) is 5.78 Å². The number of rotatable bonds is 12. The van der Waals surface area contributed by atoms with Crippen molar-refractivity contribution in [2.24, 2.45) is 0 Å². The monoisotopic (exact) mass is 442 g/mol. The van der Waals surface area contributed by atoms with Gasteiger partial charge in [-0.2, -0.15) is 0 Å². The molecule has 1 aromatic rings. The van der Waals surface area contributed by atoms with Gasteiger partial charge in [0.1, 0.15) is 12.6 Å². The van der Waals surface area contributed by atoms with E-state index in [1.807, 2.05) is 30.3 Å². The molecular formula is C26H38N2O4. The molecule has 2 saturated heterocycles. The van der Waals surface area contributed by atoms with Crippen molar-refractivity contribution in [3.05, 3.63) is 35.9 Å². The van der Waals surface area contributed by atoms with Crippen LogP contribution >= 0.6 is 0 Å². The van der Waals surface area contributed by atoms with Crippen LogP contribution in [0, 0.1) is 0 Å². The van der Waals surface area contributed by atoms with E-state index < -0.39 is 12.1 Å². The Bertz CT molecular complexity index is 751. The molecule has 1 aromatic carbocycles. The molecule has 0 bridgehead atoms. The van der Waals surface area contributed by atoms with Crippen LogP contribution < -0.4 is 0 Å². The molecule has 0 saturated carbocycles. The molecule has 2 fully saturated rings. The fraction of sp³-hybridized carbons (Fsp3) is 0.654. The van der Waals surface area contributed by atoms with Gasteiger partial charge in [-0.1, -0.05) is 62.9 Å². The summed E-state index contributed by atoms with van der Waals surface area (Å²) in [7, 11) is 0. The highest BCUT2D eigenvalue weighted by molar-refractivity contribution is 5.94. The van der Waals surface area contributed by atoms with Crippen LogP contribution in [0.25, 0.3) is 0 Å². The zero-order valence-electron chi connectivity index (χ0n) is 19.5. The number of unbranched alkanes of at least 4 members (excludes halogenated alkanes) is 4. The number of nitrogens with zero attached hydrogens (tertiary/aromatic N) is 2. The van der Waals surface area contributed by atoms with E-state index >= 15 is 0 Å². The Morgan fingerprint density at radius 3 is 2.34 bits per heavy atom. The number of hydrogen-bond acceptors (Lipinski definition) is 4. The van der Waals surface area contributed by atoms with E-state index in [2.05, 4.69) is 6.92 Å². The number of ketones is 1. The van der Waals surface area contributed by atoms with Crippen LogP contribution in [0.1, 0.15) is 76.7 Å². The standard InChI is InChI=1S/C26H38N2O4/c1-2-3-4-5-9-16-25(30)27-17-11-15-23(27)26(31)28-18-10-14-22(28)24(29)20-32-19-21-12-7-6-8-13-21/h6-8,12-13,22-23H,2-5,9-11,14-20H2,1H3/t22-,23-/m0/s1. The quantitative estimate of drug-likeness (QED) is 0.457. The Labute approximate surface area is 192 Å². The molecule has 2 atom stereocenters. The zero-order valence-corrected chi connectivity index (χ0v) is 19.5. The minimum atomic E-state index is -0.426. The molecule has 2 aliphatic rings. The molecule has 176 valence electrons. The first kappa shape index (κ1) is 24.4. The van der Waals surface area contributed by atoms with Crippen molar-refractivity contribution >= 4 is 17.6 Å². The maximum absolute atomic E-state index is 13.3. The maximum Gasteiger partial charge on any atom is 0.245 e. The summed E-state index contributed by atoms with van der Waals surface area (Å²) >= 11 is 0. The van der Waals surface area contributed by atoms with E-state index in [0.29, 0.717) is 39.0 Å². The molecule has 6 heteroatoms. The Kier molecular flexibility index (Phi) is 9.72. The summed E-state index contributed by atoms with van der Waals surface area (Å²) < 4.78 is 5.63. The van der Waals surface area contributed by atoms with E-state index in [9.17, 15) is 14.4 Å². The summed E-state index contributed by atoms with van der Waals surface area (Å²) in [5.41, 5.74) is 1.02. The van der Waals surface area contributed by atoms with Crippen molar-refractivity contribution in [3.8, 4) is 0 Å². The summed E-state index contributed by atoms with van der Waals surface area (Å²) in [6.45, 7) is 3.81. The van der Waals surface area contributed by atoms with Crippen LogP contribution in [0.15, 0.2) is 30.3 Å². The molecule has 0 aromatic heterocycles. The predicted molar refractivity (Wildman–Crippen MR) is 124 cm³/mol. The lowest BCUT2D eigenvalue weighted by atomic mass is 10.1. The fourth-order valence-corrected chi connectivity index (χ4v) is 4.84. The van der Waals surface area contributed by atoms with Gasteiger partial charge in [-0.05, 0) is 37.7 Å². The van der Waals surface area contributed by atoms with Crippen molar-refractivity contribution in [2.75, 3.05) is 19.7 Å². The average Bonchev–Trinajstić information content (AvgIpc) is 3.49. The Morgan fingerprint density at radius 2 is 1.59 bits per heavy atom. The van der Waals surface area contributed by atoms with Crippen molar-refractivity contribution in [2.45, 2.75) is 89.8 Å². The molecule has 0 radical (unpaired) electrons. The average molecular weight is 443 g/mol. The van der Waals surface area contributed by atoms with Gasteiger partial charge in [0.25, 0.3) is 0 Å². The molecule has 2 heterocycles. The molecule has 2 amide bonds. The first-order chi connectivity index (χ1) is 15.6. The molecular weight excluding hydrogens is 404 g/mol. The topological polar surface area (TPSA) is 66.9 Å². The highest BCUT2D eigenvalue weighted by atomic mass is 16.5. The number of hydrogen-bond donors (Lipinski definition) is 0. The van der Waals surface area contributed by atoms with Crippen LogP contribution in [-0.4, -0.2) is 59.2 Å². The SMILES string of the molecule is CCCCCCCC(=O)N1CCC[C@H]1C(=O)N1CCC[C@H]1C(=O)COCc1ccccc1. The molecule has 0 N–H and O–H groups in total. The van der Waals surface area contributed by atoms with Gasteiger partial charge >= 0.3 is 0 Å². The summed E-state index contributed by atoms with van der Waals surface area (Å²) in [4.78, 5) is 42.4. The number of likely N-dealkylation sites (tertiary alicyclic amines) is 2. The highest BCUT2D eigenvalue weighted by Gasteiger charge is 2.41. The minimum absolute atomic E-state index is 0.00835. The highest BCUT2D eigenvalue weighted by Crippen LogP contribution is 2.26. The largest absolute Gasteiger partial charge is 0.369 e. The van der Waals surface area contributed by atoms with Crippen LogP contribution in [0.5, 0.6) is 0 Å². The Morgan fingerprint density at radius 1 is 0.906 bits per heavy atom. The molecule has 0 spiro atoms. The molecule has 3 rings (SSSR count). The van der Waals surface area contributed by atoms with E-state index in [1.54, 1.807) is 9.80 Å². The second kappa shape index (κ2) is 12.7. The molecule has 6 nitrogen and oxygen atoms in total. The third kappa shape index (κ3) is 6.64. The minimum Gasteiger partial charge on any atom is -0.369 e. The first-order valence-corrected chi connectivity index (χ1v) is 12.4. The summed E-state index contributed by atoms with van der Waals surface area (Å²) in [6, 6.07) is 8.92. The number of carbonyl (C=O) groups excluding carboxylic acids is 3. The predicted octanol–water partition coefficient (Wildman–Crippen LogP) is 4.11. The summed E-state index contributed by atoms with van der Waals surface area (Å²) in [5.74, 6) is -0.00932. The van der Waals surface area contributed by atoms with E-state index in [4.69, 9.17) is 4.74 Å². The molecule has 2 aliphatic heterocycles. The van der Waals surface area contributed by atoms with E-state index in [1.165, 1.54) is 12.8 Å². The summed E-state index contributed by atoms with van der Waals surface area (Å²) in [6.07, 6.45) is 9.07. The molecule has 0 aliphatic carbocycles. The van der Waals surface area contributed by atoms with Crippen LogP contribution in [0.3, 0.4) is 0 Å². The lowest BCUT2D eigenvalue weighted by molar-refractivity contribution is -0.147. The van der Waals surface area contributed by atoms with Crippen LogP contribution in [0.2, 0.25) is 0 Å². The van der Waals surface area contributed by atoms with Crippen LogP contribution in [-0.2, 0) is 25.7 Å².